The number of likely N-dealkylation sites (tertiary alicyclic amines) is 2. The number of primary amides is 1. The van der Waals surface area contributed by atoms with Crippen LogP contribution in [0.5, 0.6) is 0 Å². The molecule has 2 aliphatic rings. The molecule has 1 aromatic carbocycles. The number of hydrogen-bond donors (Lipinski definition) is 1. The highest BCUT2D eigenvalue weighted by Crippen LogP contribution is 2.45. The van der Waals surface area contributed by atoms with Crippen LogP contribution >= 0.6 is 0 Å². The first-order valence-corrected chi connectivity index (χ1v) is 8.95. The first-order chi connectivity index (χ1) is 12.4. The first kappa shape index (κ1) is 18.4. The fraction of sp³-hybridized carbons (Fsp3) is 0.526. The van der Waals surface area contributed by atoms with Gasteiger partial charge in [-0.1, -0.05) is 12.1 Å². The van der Waals surface area contributed by atoms with E-state index in [4.69, 9.17) is 5.73 Å². The van der Waals surface area contributed by atoms with Crippen molar-refractivity contribution in [2.24, 2.45) is 17.6 Å². The highest BCUT2D eigenvalue weighted by atomic mass is 19.1. The number of amides is 3. The van der Waals surface area contributed by atoms with Crippen LogP contribution in [0, 0.1) is 17.7 Å². The maximum absolute atomic E-state index is 13.7. The lowest BCUT2D eigenvalue weighted by molar-refractivity contribution is -0.131. The van der Waals surface area contributed by atoms with Crippen molar-refractivity contribution in [2.75, 3.05) is 19.6 Å². The van der Waals surface area contributed by atoms with E-state index in [9.17, 15) is 18.8 Å². The van der Waals surface area contributed by atoms with Gasteiger partial charge in [0.2, 0.25) is 17.7 Å². The van der Waals surface area contributed by atoms with Gasteiger partial charge in [0, 0.05) is 51.2 Å². The van der Waals surface area contributed by atoms with Gasteiger partial charge in [0.1, 0.15) is 5.82 Å². The molecule has 1 aromatic rings. The molecule has 2 fully saturated rings. The Balaban J connectivity index is 1.73. The molecule has 0 unspecified atom stereocenters. The van der Waals surface area contributed by atoms with Gasteiger partial charge in [-0.25, -0.2) is 4.39 Å². The zero-order valence-electron chi connectivity index (χ0n) is 14.9. The molecule has 0 radical (unpaired) electrons. The molecule has 140 valence electrons. The fourth-order valence-electron chi connectivity index (χ4n) is 4.26. The van der Waals surface area contributed by atoms with E-state index in [1.165, 1.54) is 19.1 Å². The summed E-state index contributed by atoms with van der Waals surface area (Å²) in [5.41, 5.74) is 5.89. The van der Waals surface area contributed by atoms with E-state index in [0.29, 0.717) is 32.5 Å². The Hall–Kier alpha value is -2.44. The van der Waals surface area contributed by atoms with Gasteiger partial charge in [-0.3, -0.25) is 14.4 Å². The van der Waals surface area contributed by atoms with E-state index in [2.05, 4.69) is 0 Å². The van der Waals surface area contributed by atoms with E-state index < -0.39 is 5.91 Å². The van der Waals surface area contributed by atoms with Crippen LogP contribution in [0.1, 0.15) is 37.8 Å². The summed E-state index contributed by atoms with van der Waals surface area (Å²) in [5, 5.41) is 0. The van der Waals surface area contributed by atoms with Crippen LogP contribution in [0.3, 0.4) is 0 Å². The smallest absolute Gasteiger partial charge is 0.222 e. The average molecular weight is 361 g/mol. The zero-order valence-corrected chi connectivity index (χ0v) is 14.9. The molecule has 2 N–H and O–H groups in total. The van der Waals surface area contributed by atoms with Crippen LogP contribution in [0.4, 0.5) is 4.39 Å². The lowest BCUT2D eigenvalue weighted by Crippen LogP contribution is -2.36. The molecule has 0 aliphatic carbocycles. The minimum atomic E-state index is -0.403. The summed E-state index contributed by atoms with van der Waals surface area (Å²) in [6, 6.07) is 6.13. The predicted molar refractivity (Wildman–Crippen MR) is 93.1 cm³/mol. The predicted octanol–water partition coefficient (Wildman–Crippen LogP) is 1.46. The minimum absolute atomic E-state index is 0.00742. The second-order valence-corrected chi connectivity index (χ2v) is 7.21. The lowest BCUT2D eigenvalue weighted by atomic mass is 9.89. The number of carbonyl (C=O) groups excluding carboxylic acids is 3. The zero-order chi connectivity index (χ0) is 18.8. The van der Waals surface area contributed by atoms with Gasteiger partial charge >= 0.3 is 0 Å². The summed E-state index contributed by atoms with van der Waals surface area (Å²) in [7, 11) is 0. The largest absolute Gasteiger partial charge is 0.370 e. The van der Waals surface area contributed by atoms with Crippen molar-refractivity contribution in [1.82, 2.24) is 9.80 Å². The van der Waals surface area contributed by atoms with Crippen LogP contribution in [0.2, 0.25) is 0 Å². The third-order valence-electron chi connectivity index (χ3n) is 5.43. The number of carbonyl (C=O) groups is 3. The maximum atomic E-state index is 13.7. The van der Waals surface area contributed by atoms with E-state index in [1.807, 2.05) is 6.07 Å². The molecule has 3 rings (SSSR count). The molecule has 2 saturated heterocycles. The summed E-state index contributed by atoms with van der Waals surface area (Å²) in [4.78, 5) is 38.9. The molecule has 0 spiro atoms. The van der Waals surface area contributed by atoms with Crippen molar-refractivity contribution < 1.29 is 18.8 Å². The molecule has 0 bridgehead atoms. The molecule has 2 heterocycles. The molecule has 6 nitrogen and oxygen atoms in total. The molecule has 2 aliphatic heterocycles. The van der Waals surface area contributed by atoms with Crippen LogP contribution in [0.25, 0.3) is 0 Å². The summed E-state index contributed by atoms with van der Waals surface area (Å²) >= 11 is 0. The van der Waals surface area contributed by atoms with Gasteiger partial charge in [-0.15, -0.1) is 0 Å². The van der Waals surface area contributed by atoms with E-state index in [1.54, 1.807) is 15.9 Å². The van der Waals surface area contributed by atoms with Gasteiger partial charge in [0.25, 0.3) is 0 Å². The summed E-state index contributed by atoms with van der Waals surface area (Å²) in [6.45, 7) is 3.24. The molecular weight excluding hydrogens is 337 g/mol. The second-order valence-electron chi connectivity index (χ2n) is 7.21. The third-order valence-corrected chi connectivity index (χ3v) is 5.43. The Morgan fingerprint density at radius 2 is 1.96 bits per heavy atom. The van der Waals surface area contributed by atoms with E-state index in [0.717, 1.165) is 5.56 Å². The number of fused-ring (bicyclic) bond motifs is 1. The Bertz CT molecular complexity index is 724. The van der Waals surface area contributed by atoms with Gasteiger partial charge in [0.05, 0.1) is 6.04 Å². The van der Waals surface area contributed by atoms with Crippen LogP contribution < -0.4 is 5.73 Å². The molecule has 7 heteroatoms. The third kappa shape index (κ3) is 3.71. The minimum Gasteiger partial charge on any atom is -0.370 e. The first-order valence-electron chi connectivity index (χ1n) is 8.95. The molecule has 3 amide bonds. The average Bonchev–Trinajstić information content (AvgIpc) is 3.11. The molecular formula is C19H24FN3O3. The monoisotopic (exact) mass is 361 g/mol. The highest BCUT2D eigenvalue weighted by Gasteiger charge is 2.49. The van der Waals surface area contributed by atoms with Crippen molar-refractivity contribution in [3.05, 3.63) is 35.6 Å². The maximum Gasteiger partial charge on any atom is 0.222 e. The van der Waals surface area contributed by atoms with Gasteiger partial charge in [0.15, 0.2) is 0 Å². The van der Waals surface area contributed by atoms with Crippen molar-refractivity contribution in [3.63, 3.8) is 0 Å². The number of benzene rings is 1. The fourth-order valence-corrected chi connectivity index (χ4v) is 4.26. The molecule has 0 aromatic heterocycles. The molecule has 3 atom stereocenters. The van der Waals surface area contributed by atoms with Gasteiger partial charge in [-0.05, 0) is 24.1 Å². The summed E-state index contributed by atoms with van der Waals surface area (Å²) in [6.07, 6.45) is 0.951. The topological polar surface area (TPSA) is 83.7 Å². The number of nitrogens with two attached hydrogens (primary N) is 1. The Morgan fingerprint density at radius 3 is 2.62 bits per heavy atom. The summed E-state index contributed by atoms with van der Waals surface area (Å²) in [5.74, 6) is -0.472. The number of halogens is 1. The van der Waals surface area contributed by atoms with Gasteiger partial charge in [-0.2, -0.15) is 0 Å². The van der Waals surface area contributed by atoms with E-state index >= 15 is 0 Å². The molecule has 26 heavy (non-hydrogen) atoms. The Morgan fingerprint density at radius 1 is 1.19 bits per heavy atom. The standard InChI is InChI=1S/C19H24FN3O3/c1-12(24)23-10-14-9-22(18(26)7-3-6-17(21)25)11-16(14)19(23)13-4-2-5-15(20)8-13/h2,4-5,8,14,16,19H,3,6-7,9-11H2,1H3,(H2,21,25)/t14-,16-,19+/m1/s1. The lowest BCUT2D eigenvalue weighted by Gasteiger charge is -2.29. The highest BCUT2D eigenvalue weighted by molar-refractivity contribution is 5.79. The second kappa shape index (κ2) is 7.43. The van der Waals surface area contributed by atoms with Crippen LogP contribution in [-0.4, -0.2) is 47.2 Å². The quantitative estimate of drug-likeness (QED) is 0.862. The van der Waals surface area contributed by atoms with Crippen molar-refractivity contribution in [3.8, 4) is 0 Å². The number of hydrogen-bond acceptors (Lipinski definition) is 3. The normalized spacial score (nSPS) is 24.6. The van der Waals surface area contributed by atoms with Crippen molar-refractivity contribution in [1.29, 1.82) is 0 Å². The Labute approximate surface area is 152 Å². The van der Waals surface area contributed by atoms with Gasteiger partial charge < -0.3 is 15.5 Å². The van der Waals surface area contributed by atoms with Crippen molar-refractivity contribution >= 4 is 17.7 Å². The van der Waals surface area contributed by atoms with E-state index in [-0.39, 0.29) is 41.9 Å². The molecule has 0 saturated carbocycles. The van der Waals surface area contributed by atoms with Crippen LogP contribution in [0.15, 0.2) is 24.3 Å². The van der Waals surface area contributed by atoms with Crippen molar-refractivity contribution in [2.45, 2.75) is 32.2 Å². The van der Waals surface area contributed by atoms with Crippen LogP contribution in [-0.2, 0) is 14.4 Å². The summed E-state index contributed by atoms with van der Waals surface area (Å²) < 4.78 is 13.7. The number of rotatable bonds is 5. The number of nitrogens with zero attached hydrogens (tertiary/aromatic N) is 2. The Kier molecular flexibility index (Phi) is 5.25. The SMILES string of the molecule is CC(=O)N1C[C@H]2CN(C(=O)CCCC(N)=O)C[C@H]2[C@@H]1c1cccc(F)c1.